The van der Waals surface area contributed by atoms with Crippen LogP contribution in [-0.2, 0) is 14.8 Å². The molecule has 0 aliphatic rings. The molecule has 0 atom stereocenters. The van der Waals surface area contributed by atoms with Crippen LogP contribution in [0.4, 0.5) is 5.13 Å². The number of sulfonamides is 1. The number of aromatic nitrogens is 1. The number of anilines is 1. The molecule has 2 aromatic rings. The molecule has 6 nitrogen and oxygen atoms in total. The number of rotatable bonds is 8. The molecule has 8 heteroatoms. The average molecular weight is 382 g/mol. The molecule has 0 saturated heterocycles. The van der Waals surface area contributed by atoms with E-state index in [1.807, 2.05) is 20.8 Å². The summed E-state index contributed by atoms with van der Waals surface area (Å²) in [7, 11) is -3.72. The molecule has 0 spiro atoms. The second-order valence-corrected chi connectivity index (χ2v) is 9.00. The van der Waals surface area contributed by atoms with E-state index in [0.29, 0.717) is 18.1 Å². The number of nitrogens with zero attached hydrogens (tertiary/aromatic N) is 2. The minimum absolute atomic E-state index is 0.201. The number of amides is 1. The summed E-state index contributed by atoms with van der Waals surface area (Å²) in [6.07, 6.45) is 3.19. The van der Waals surface area contributed by atoms with Gasteiger partial charge in [-0.05, 0) is 32.4 Å². The molecule has 1 amide bonds. The third-order valence-corrected chi connectivity index (χ3v) is 6.30. The Hall–Kier alpha value is -1.77. The summed E-state index contributed by atoms with van der Waals surface area (Å²) in [4.78, 5) is 17.5. The van der Waals surface area contributed by atoms with E-state index in [9.17, 15) is 13.2 Å². The molecule has 1 heterocycles. The van der Waals surface area contributed by atoms with Gasteiger partial charge in [-0.15, -0.1) is 11.3 Å². The minimum Gasteiger partial charge on any atom is -0.301 e. The largest absolute Gasteiger partial charge is 0.301 e. The Kier molecular flexibility index (Phi) is 6.69. The van der Waals surface area contributed by atoms with Crippen LogP contribution in [-0.4, -0.2) is 36.7 Å². The van der Waals surface area contributed by atoms with Gasteiger partial charge in [0.15, 0.2) is 5.13 Å². The van der Waals surface area contributed by atoms with Crippen LogP contribution in [0.5, 0.6) is 0 Å². The summed E-state index contributed by atoms with van der Waals surface area (Å²) in [5.74, 6) is -0.388. The van der Waals surface area contributed by atoms with E-state index in [2.05, 4.69) is 10.3 Å². The lowest BCUT2D eigenvalue weighted by molar-refractivity contribution is -0.116. The van der Waals surface area contributed by atoms with Gasteiger partial charge in [0.1, 0.15) is 0 Å². The van der Waals surface area contributed by atoms with Gasteiger partial charge in [-0.25, -0.2) is 13.4 Å². The normalized spacial score (nSPS) is 11.7. The van der Waals surface area contributed by atoms with Gasteiger partial charge in [0.05, 0.1) is 11.4 Å². The fourth-order valence-electron chi connectivity index (χ4n) is 2.21. The standard InChI is InChI=1S/C17H23N3O3S2/c1-4-5-10-20(12-16(21)19-17-18-11-14(3)24-17)25(22,23)15-8-6-13(2)7-9-15/h6-9,11H,4-5,10,12H2,1-3H3,(H,18,19,21). The van der Waals surface area contributed by atoms with E-state index in [1.165, 1.54) is 15.6 Å². The molecule has 25 heavy (non-hydrogen) atoms. The van der Waals surface area contributed by atoms with Crippen LogP contribution in [0.25, 0.3) is 0 Å². The fourth-order valence-corrected chi connectivity index (χ4v) is 4.32. The van der Waals surface area contributed by atoms with Crippen molar-refractivity contribution in [1.29, 1.82) is 0 Å². The first-order valence-electron chi connectivity index (χ1n) is 8.12. The van der Waals surface area contributed by atoms with Crippen LogP contribution in [0, 0.1) is 13.8 Å². The maximum Gasteiger partial charge on any atom is 0.243 e. The lowest BCUT2D eigenvalue weighted by atomic mass is 10.2. The highest BCUT2D eigenvalue weighted by molar-refractivity contribution is 7.89. The molecule has 0 unspecified atom stereocenters. The summed E-state index contributed by atoms with van der Waals surface area (Å²) in [6, 6.07) is 6.66. The Morgan fingerprint density at radius 2 is 1.92 bits per heavy atom. The van der Waals surface area contributed by atoms with E-state index in [4.69, 9.17) is 0 Å². The Balaban J connectivity index is 2.16. The first kappa shape index (κ1) is 19.6. The summed E-state index contributed by atoms with van der Waals surface area (Å²) < 4.78 is 27.0. The van der Waals surface area contributed by atoms with Gasteiger partial charge < -0.3 is 5.32 Å². The quantitative estimate of drug-likeness (QED) is 0.762. The second-order valence-electron chi connectivity index (χ2n) is 5.83. The highest BCUT2D eigenvalue weighted by Gasteiger charge is 2.26. The second kappa shape index (κ2) is 8.55. The number of hydrogen-bond acceptors (Lipinski definition) is 5. The predicted molar refractivity (Wildman–Crippen MR) is 100 cm³/mol. The number of aryl methyl sites for hydroxylation is 2. The molecule has 1 aromatic heterocycles. The number of thiazole rings is 1. The fraction of sp³-hybridized carbons (Fsp3) is 0.412. The van der Waals surface area contributed by atoms with Gasteiger partial charge in [0.25, 0.3) is 0 Å². The number of carbonyl (C=O) groups is 1. The minimum atomic E-state index is -3.72. The smallest absolute Gasteiger partial charge is 0.243 e. The van der Waals surface area contributed by atoms with Crippen molar-refractivity contribution in [2.45, 2.75) is 38.5 Å². The number of nitrogens with one attached hydrogen (secondary N) is 1. The molecular weight excluding hydrogens is 358 g/mol. The van der Waals surface area contributed by atoms with Crippen molar-refractivity contribution >= 4 is 32.4 Å². The lowest BCUT2D eigenvalue weighted by Gasteiger charge is -2.21. The predicted octanol–water partition coefficient (Wildman–Crippen LogP) is 3.19. The van der Waals surface area contributed by atoms with Crippen molar-refractivity contribution in [2.24, 2.45) is 0 Å². The van der Waals surface area contributed by atoms with E-state index in [0.717, 1.165) is 16.9 Å². The van der Waals surface area contributed by atoms with Crippen LogP contribution in [0.3, 0.4) is 0 Å². The maximum absolute atomic E-state index is 12.9. The Morgan fingerprint density at radius 1 is 1.24 bits per heavy atom. The van der Waals surface area contributed by atoms with Gasteiger partial charge in [-0.3, -0.25) is 4.79 Å². The van der Waals surface area contributed by atoms with Gasteiger partial charge in [0.2, 0.25) is 15.9 Å². The van der Waals surface area contributed by atoms with Crippen LogP contribution in [0.1, 0.15) is 30.2 Å². The zero-order chi connectivity index (χ0) is 18.4. The molecule has 136 valence electrons. The lowest BCUT2D eigenvalue weighted by Crippen LogP contribution is -2.38. The first-order valence-corrected chi connectivity index (χ1v) is 10.4. The molecular formula is C17H23N3O3S2. The molecule has 0 bridgehead atoms. The Labute approximate surface area is 153 Å². The zero-order valence-corrected chi connectivity index (χ0v) is 16.3. The number of hydrogen-bond donors (Lipinski definition) is 1. The van der Waals surface area contributed by atoms with Crippen molar-refractivity contribution in [2.75, 3.05) is 18.4 Å². The molecule has 0 fully saturated rings. The van der Waals surface area contributed by atoms with Crippen LogP contribution in [0.15, 0.2) is 35.4 Å². The average Bonchev–Trinajstić information content (AvgIpc) is 2.96. The van der Waals surface area contributed by atoms with Crippen LogP contribution < -0.4 is 5.32 Å². The van der Waals surface area contributed by atoms with E-state index >= 15 is 0 Å². The SMILES string of the molecule is CCCCN(CC(=O)Nc1ncc(C)s1)S(=O)(=O)c1ccc(C)cc1. The number of carbonyl (C=O) groups excluding carboxylic acids is 1. The highest BCUT2D eigenvalue weighted by atomic mass is 32.2. The Bertz CT molecular complexity index is 814. The highest BCUT2D eigenvalue weighted by Crippen LogP contribution is 2.19. The van der Waals surface area contributed by atoms with Crippen LogP contribution >= 0.6 is 11.3 Å². The van der Waals surface area contributed by atoms with Crippen molar-refractivity contribution in [3.05, 3.63) is 40.9 Å². The van der Waals surface area contributed by atoms with Crippen molar-refractivity contribution < 1.29 is 13.2 Å². The molecule has 1 N–H and O–H groups in total. The van der Waals surface area contributed by atoms with Gasteiger partial charge >= 0.3 is 0 Å². The van der Waals surface area contributed by atoms with E-state index in [-0.39, 0.29) is 17.3 Å². The van der Waals surface area contributed by atoms with Crippen LogP contribution in [0.2, 0.25) is 0 Å². The third kappa shape index (κ3) is 5.35. The topological polar surface area (TPSA) is 79.4 Å². The van der Waals surface area contributed by atoms with Crippen molar-refractivity contribution in [1.82, 2.24) is 9.29 Å². The van der Waals surface area contributed by atoms with Crippen molar-refractivity contribution in [3.63, 3.8) is 0 Å². The monoisotopic (exact) mass is 381 g/mol. The van der Waals surface area contributed by atoms with Gasteiger partial charge in [0, 0.05) is 17.6 Å². The molecule has 0 radical (unpaired) electrons. The van der Waals surface area contributed by atoms with Gasteiger partial charge in [-0.1, -0.05) is 31.0 Å². The first-order chi connectivity index (χ1) is 11.8. The third-order valence-electron chi connectivity index (χ3n) is 3.61. The van der Waals surface area contributed by atoms with Gasteiger partial charge in [-0.2, -0.15) is 4.31 Å². The maximum atomic E-state index is 12.9. The number of benzene rings is 1. The molecule has 0 saturated carbocycles. The molecule has 0 aliphatic heterocycles. The Morgan fingerprint density at radius 3 is 2.48 bits per heavy atom. The summed E-state index contributed by atoms with van der Waals surface area (Å²) >= 11 is 1.36. The summed E-state index contributed by atoms with van der Waals surface area (Å²) in [6.45, 7) is 5.85. The zero-order valence-electron chi connectivity index (χ0n) is 14.7. The number of unbranched alkanes of at least 4 members (excludes halogenated alkanes) is 1. The van der Waals surface area contributed by atoms with E-state index < -0.39 is 10.0 Å². The molecule has 2 rings (SSSR count). The van der Waals surface area contributed by atoms with E-state index in [1.54, 1.807) is 30.5 Å². The molecule has 0 aliphatic carbocycles. The molecule has 1 aromatic carbocycles. The summed E-state index contributed by atoms with van der Waals surface area (Å²) in [5, 5.41) is 3.14. The summed E-state index contributed by atoms with van der Waals surface area (Å²) in [5.41, 5.74) is 0.982. The van der Waals surface area contributed by atoms with Crippen molar-refractivity contribution in [3.8, 4) is 0 Å².